The molecule has 22 heavy (non-hydrogen) atoms. The van der Waals surface area contributed by atoms with Crippen molar-refractivity contribution in [3.63, 3.8) is 0 Å². The van der Waals surface area contributed by atoms with Crippen LogP contribution < -0.4 is 15.3 Å². The van der Waals surface area contributed by atoms with Gasteiger partial charge >= 0.3 is 19.5 Å². The predicted octanol–water partition coefficient (Wildman–Crippen LogP) is -6.60. The molecule has 124 valence electrons. The van der Waals surface area contributed by atoms with Crippen molar-refractivity contribution in [1.82, 2.24) is 0 Å². The molecule has 0 aliphatic rings. The summed E-state index contributed by atoms with van der Waals surface area (Å²) < 4.78 is 0.550. The SMILES string of the molecule is C[N+](C)(C)C[C@H](O)CC(=O)[O-].O=C([O-])C(O)C(O)C(=O)[O-].[Zn+2]. The Balaban J connectivity index is -0.000000315. The average molecular weight is 375 g/mol. The molecule has 0 fully saturated rings. The van der Waals surface area contributed by atoms with E-state index in [1.807, 2.05) is 21.1 Å². The third-order valence-corrected chi connectivity index (χ3v) is 1.94. The normalized spacial score (nSPS) is 14.5. The maximum Gasteiger partial charge on any atom is 2.00 e. The van der Waals surface area contributed by atoms with E-state index in [1.165, 1.54) is 0 Å². The van der Waals surface area contributed by atoms with Crippen LogP contribution in [0.4, 0.5) is 0 Å². The van der Waals surface area contributed by atoms with Crippen LogP contribution in [0.2, 0.25) is 0 Å². The molecule has 0 aromatic heterocycles. The van der Waals surface area contributed by atoms with Gasteiger partial charge in [0, 0.05) is 12.4 Å². The molecule has 0 heterocycles. The molecule has 3 N–H and O–H groups in total. The Labute approximate surface area is 139 Å². The first-order valence-corrected chi connectivity index (χ1v) is 5.74. The minimum Gasteiger partial charge on any atom is -0.550 e. The zero-order valence-corrected chi connectivity index (χ0v) is 15.6. The summed E-state index contributed by atoms with van der Waals surface area (Å²) in [7, 11) is 5.66. The molecular formula is C11H19NO9Zn. The van der Waals surface area contributed by atoms with Gasteiger partial charge in [-0.2, -0.15) is 0 Å². The number of quaternary nitrogens is 1. The van der Waals surface area contributed by atoms with Gasteiger partial charge in [-0.25, -0.2) is 0 Å². The molecule has 0 aliphatic carbocycles. The molecule has 0 aromatic rings. The van der Waals surface area contributed by atoms with Crippen molar-refractivity contribution in [3.05, 3.63) is 0 Å². The number of nitrogens with zero attached hydrogens (tertiary/aromatic N) is 1. The summed E-state index contributed by atoms with van der Waals surface area (Å²) in [5.74, 6) is -5.32. The summed E-state index contributed by atoms with van der Waals surface area (Å²) in [4.78, 5) is 29.3. The Hall–Kier alpha value is -1.13. The Morgan fingerprint density at radius 2 is 1.23 bits per heavy atom. The van der Waals surface area contributed by atoms with Crippen LogP contribution in [0.3, 0.4) is 0 Å². The van der Waals surface area contributed by atoms with E-state index >= 15 is 0 Å². The number of carbonyl (C=O) groups is 3. The number of likely N-dealkylation sites (N-methyl/N-ethyl adjacent to an activating group) is 1. The van der Waals surface area contributed by atoms with E-state index in [0.717, 1.165) is 0 Å². The standard InChI is InChI=1S/C7H15NO3.C4H6O6.Zn/c1-8(2,3)5-6(9)4-7(10)11;5-1(3(7)8)2(6)4(9)10;/h6,9H,4-5H2,1-3H3;1-2,5-6H,(H,7,8)(H,9,10);/q;;+2/p-2/t6-;;/m1../s1. The molecule has 0 radical (unpaired) electrons. The number of carboxylic acids is 3. The zero-order valence-electron chi connectivity index (χ0n) is 12.6. The molecule has 3 atom stereocenters. The van der Waals surface area contributed by atoms with E-state index in [4.69, 9.17) is 15.3 Å². The molecule has 0 aliphatic heterocycles. The largest absolute Gasteiger partial charge is 2.00 e. The maximum absolute atomic E-state index is 10.0. The molecule has 0 bridgehead atoms. The van der Waals surface area contributed by atoms with Gasteiger partial charge in [-0.3, -0.25) is 0 Å². The van der Waals surface area contributed by atoms with Crippen molar-refractivity contribution >= 4 is 17.9 Å². The van der Waals surface area contributed by atoms with Crippen molar-refractivity contribution in [3.8, 4) is 0 Å². The van der Waals surface area contributed by atoms with Gasteiger partial charge in [0.25, 0.3) is 0 Å². The molecular weight excluding hydrogens is 356 g/mol. The smallest absolute Gasteiger partial charge is 0.550 e. The Bertz CT molecular complexity index is 351. The second-order valence-corrected chi connectivity index (χ2v) is 5.23. The zero-order chi connectivity index (χ0) is 17.4. The van der Waals surface area contributed by atoms with Crippen LogP contribution >= 0.6 is 0 Å². The van der Waals surface area contributed by atoms with Gasteiger partial charge in [-0.1, -0.05) is 0 Å². The van der Waals surface area contributed by atoms with E-state index in [2.05, 4.69) is 0 Å². The molecule has 0 amide bonds. The molecule has 10 nitrogen and oxygen atoms in total. The minimum atomic E-state index is -2.44. The van der Waals surface area contributed by atoms with Gasteiger partial charge in [0.05, 0.1) is 33.1 Å². The number of carbonyl (C=O) groups excluding carboxylic acids is 3. The first kappa shape index (κ1) is 25.8. The van der Waals surface area contributed by atoms with E-state index in [9.17, 15) is 29.7 Å². The molecule has 0 aromatic carbocycles. The van der Waals surface area contributed by atoms with Crippen molar-refractivity contribution in [1.29, 1.82) is 0 Å². The van der Waals surface area contributed by atoms with Gasteiger partial charge < -0.3 is 49.5 Å². The van der Waals surface area contributed by atoms with Gasteiger partial charge in [-0.15, -0.1) is 0 Å². The number of aliphatic carboxylic acids is 3. The summed E-state index contributed by atoms with van der Waals surface area (Å²) >= 11 is 0. The number of hydrogen-bond donors (Lipinski definition) is 3. The third kappa shape index (κ3) is 15.3. The number of carboxylic acid groups (broad SMARTS) is 3. The van der Waals surface area contributed by atoms with Gasteiger partial charge in [0.15, 0.2) is 0 Å². The summed E-state index contributed by atoms with van der Waals surface area (Å²) in [6.45, 7) is 0.425. The van der Waals surface area contributed by atoms with Crippen molar-refractivity contribution in [2.24, 2.45) is 0 Å². The minimum absolute atomic E-state index is 0. The monoisotopic (exact) mass is 373 g/mol. The van der Waals surface area contributed by atoms with Crippen LogP contribution in [0.5, 0.6) is 0 Å². The van der Waals surface area contributed by atoms with Crippen LogP contribution in [0.1, 0.15) is 6.42 Å². The fourth-order valence-corrected chi connectivity index (χ4v) is 1.15. The molecule has 2 unspecified atom stereocenters. The first-order valence-electron chi connectivity index (χ1n) is 5.74. The summed E-state index contributed by atoms with van der Waals surface area (Å²) in [5.41, 5.74) is 0. The van der Waals surface area contributed by atoms with Crippen LogP contribution in [-0.2, 0) is 33.9 Å². The van der Waals surface area contributed by atoms with Crippen LogP contribution in [0.15, 0.2) is 0 Å². The van der Waals surface area contributed by atoms with E-state index in [1.54, 1.807) is 0 Å². The number of aliphatic hydroxyl groups excluding tert-OH is 3. The van der Waals surface area contributed by atoms with E-state index < -0.39 is 36.2 Å². The van der Waals surface area contributed by atoms with Crippen molar-refractivity contribution < 1.29 is 69.0 Å². The Morgan fingerprint density at radius 3 is 1.41 bits per heavy atom. The fraction of sp³-hybridized carbons (Fsp3) is 0.727. The van der Waals surface area contributed by atoms with Crippen LogP contribution in [-0.4, -0.2) is 83.7 Å². The van der Waals surface area contributed by atoms with Crippen molar-refractivity contribution in [2.75, 3.05) is 27.7 Å². The van der Waals surface area contributed by atoms with E-state index in [0.29, 0.717) is 11.0 Å². The predicted molar refractivity (Wildman–Crippen MR) is 60.6 cm³/mol. The second-order valence-electron chi connectivity index (χ2n) is 5.23. The quantitative estimate of drug-likeness (QED) is 0.288. The molecule has 0 saturated carbocycles. The summed E-state index contributed by atoms with van der Waals surface area (Å²) in [5, 5.41) is 54.9. The summed E-state index contributed by atoms with van der Waals surface area (Å²) in [6.07, 6.45) is -5.97. The second kappa shape index (κ2) is 11.4. The third-order valence-electron chi connectivity index (χ3n) is 1.94. The number of aliphatic hydroxyl groups is 3. The molecule has 0 rings (SSSR count). The van der Waals surface area contributed by atoms with Crippen molar-refractivity contribution in [2.45, 2.75) is 24.7 Å². The van der Waals surface area contributed by atoms with Crippen LogP contribution in [0.25, 0.3) is 0 Å². The van der Waals surface area contributed by atoms with Gasteiger partial charge in [0.2, 0.25) is 0 Å². The summed E-state index contributed by atoms with van der Waals surface area (Å²) in [6, 6.07) is 0. The van der Waals surface area contributed by atoms with Gasteiger partial charge in [-0.05, 0) is 0 Å². The molecule has 11 heteroatoms. The molecule has 0 saturated heterocycles. The van der Waals surface area contributed by atoms with E-state index in [-0.39, 0.29) is 25.9 Å². The maximum atomic E-state index is 10.0. The van der Waals surface area contributed by atoms with Crippen LogP contribution in [0, 0.1) is 0 Å². The Morgan fingerprint density at radius 1 is 0.909 bits per heavy atom. The number of hydrogen-bond acceptors (Lipinski definition) is 9. The Kier molecular flexibility index (Phi) is 13.4. The number of rotatable bonds is 7. The first-order chi connectivity index (χ1) is 9.27. The topological polar surface area (TPSA) is 181 Å². The fourth-order valence-electron chi connectivity index (χ4n) is 1.15. The average Bonchev–Trinajstić information content (AvgIpc) is 2.23. The molecule has 0 spiro atoms. The van der Waals surface area contributed by atoms with Gasteiger partial charge in [0.1, 0.15) is 24.9 Å².